The van der Waals surface area contributed by atoms with Gasteiger partial charge in [-0.05, 0) is 19.8 Å². The summed E-state index contributed by atoms with van der Waals surface area (Å²) in [6.45, 7) is 1.60. The highest BCUT2D eigenvalue weighted by molar-refractivity contribution is 5.75. The molecule has 0 bridgehead atoms. The maximum atomic E-state index is 11.0. The summed E-state index contributed by atoms with van der Waals surface area (Å²) >= 11 is 0. The number of hydrogen-bond donors (Lipinski definition) is 0. The van der Waals surface area contributed by atoms with Crippen LogP contribution in [-0.4, -0.2) is 27.1 Å². The van der Waals surface area contributed by atoms with E-state index in [1.54, 1.807) is 28.3 Å². The van der Waals surface area contributed by atoms with Gasteiger partial charge in [0.2, 0.25) is 0 Å². The topological polar surface area (TPSA) is 44.8 Å². The average molecular weight is 252 g/mol. The van der Waals surface area contributed by atoms with Crippen LogP contribution in [0.4, 0.5) is 0 Å². The van der Waals surface area contributed by atoms with Crippen LogP contribution >= 0.6 is 0 Å². The van der Waals surface area contributed by atoms with Gasteiger partial charge in [-0.15, -0.1) is 0 Å². The number of carbonyl (C=O) groups is 1. The zero-order chi connectivity index (χ0) is 13.5. The monoisotopic (exact) mass is 252 g/mol. The number of carbonyl (C=O) groups excluding carboxylic acids is 1. The van der Waals surface area contributed by atoms with E-state index in [4.69, 9.17) is 14.2 Å². The summed E-state index contributed by atoms with van der Waals surface area (Å²) in [4.78, 5) is 11.0. The summed E-state index contributed by atoms with van der Waals surface area (Å²) in [5, 5.41) is 0. The molecule has 0 spiro atoms. The summed E-state index contributed by atoms with van der Waals surface area (Å²) in [6.07, 6.45) is 2.10. The quantitative estimate of drug-likeness (QED) is 0.748. The van der Waals surface area contributed by atoms with E-state index in [2.05, 4.69) is 0 Å². The third-order valence-corrected chi connectivity index (χ3v) is 2.77. The third-order valence-electron chi connectivity index (χ3n) is 2.77. The molecule has 0 heterocycles. The molecule has 1 aromatic rings. The van der Waals surface area contributed by atoms with Crippen LogP contribution in [-0.2, 0) is 11.2 Å². The predicted octanol–water partition coefficient (Wildman–Crippen LogP) is 2.62. The van der Waals surface area contributed by atoms with Crippen LogP contribution in [0.2, 0.25) is 0 Å². The van der Waals surface area contributed by atoms with Crippen LogP contribution in [0.25, 0.3) is 0 Å². The summed E-state index contributed by atoms with van der Waals surface area (Å²) in [6, 6.07) is 3.65. The number of rotatable bonds is 7. The summed E-state index contributed by atoms with van der Waals surface area (Å²) in [5.41, 5.74) is 0.974. The highest BCUT2D eigenvalue weighted by atomic mass is 16.5. The van der Waals surface area contributed by atoms with Gasteiger partial charge in [0.05, 0.1) is 21.3 Å². The van der Waals surface area contributed by atoms with Crippen molar-refractivity contribution in [3.63, 3.8) is 0 Å². The van der Waals surface area contributed by atoms with Crippen molar-refractivity contribution < 1.29 is 19.0 Å². The van der Waals surface area contributed by atoms with Gasteiger partial charge in [0, 0.05) is 24.1 Å². The molecule has 0 fully saturated rings. The minimum Gasteiger partial charge on any atom is -0.496 e. The third kappa shape index (κ3) is 3.65. The molecule has 4 nitrogen and oxygen atoms in total. The molecule has 0 aromatic heterocycles. The van der Waals surface area contributed by atoms with E-state index in [1.165, 1.54) is 0 Å². The first kappa shape index (κ1) is 14.4. The van der Waals surface area contributed by atoms with Crippen LogP contribution < -0.4 is 14.2 Å². The Labute approximate surface area is 108 Å². The molecule has 0 radical (unpaired) electrons. The van der Waals surface area contributed by atoms with Gasteiger partial charge in [-0.2, -0.15) is 0 Å². The van der Waals surface area contributed by atoms with Crippen LogP contribution in [0.15, 0.2) is 12.1 Å². The smallest absolute Gasteiger partial charge is 0.129 e. The zero-order valence-corrected chi connectivity index (χ0v) is 11.4. The summed E-state index contributed by atoms with van der Waals surface area (Å²) in [5.74, 6) is 2.35. The number of ether oxygens (including phenoxy) is 3. The highest BCUT2D eigenvalue weighted by Gasteiger charge is 2.13. The Hall–Kier alpha value is -1.71. The van der Waals surface area contributed by atoms with Gasteiger partial charge >= 0.3 is 0 Å². The van der Waals surface area contributed by atoms with E-state index >= 15 is 0 Å². The Kier molecular flexibility index (Phi) is 5.49. The van der Waals surface area contributed by atoms with Gasteiger partial charge < -0.3 is 19.0 Å². The molecule has 100 valence electrons. The second kappa shape index (κ2) is 6.89. The molecular weight excluding hydrogens is 232 g/mol. The fourth-order valence-corrected chi connectivity index (χ4v) is 1.84. The molecule has 1 aromatic carbocycles. The molecule has 4 heteroatoms. The fourth-order valence-electron chi connectivity index (χ4n) is 1.84. The molecule has 0 aliphatic heterocycles. The SMILES string of the molecule is COc1cc(OC)c(CCCC(C)=O)c(OC)c1. The molecule has 0 saturated carbocycles. The number of Topliss-reactive ketones (excluding diaryl/α,β-unsaturated/α-hetero) is 1. The molecule has 0 N–H and O–H groups in total. The maximum absolute atomic E-state index is 11.0. The van der Waals surface area contributed by atoms with Crippen LogP contribution in [0.5, 0.6) is 17.2 Å². The second-order valence-electron chi connectivity index (χ2n) is 4.07. The minimum atomic E-state index is 0.196. The minimum absolute atomic E-state index is 0.196. The lowest BCUT2D eigenvalue weighted by Gasteiger charge is -2.14. The summed E-state index contributed by atoms with van der Waals surface area (Å²) in [7, 11) is 4.83. The van der Waals surface area contributed by atoms with Gasteiger partial charge in [0.1, 0.15) is 23.0 Å². The van der Waals surface area contributed by atoms with Crippen molar-refractivity contribution >= 4 is 5.78 Å². The number of benzene rings is 1. The normalized spacial score (nSPS) is 10.0. The first-order valence-corrected chi connectivity index (χ1v) is 5.90. The maximum Gasteiger partial charge on any atom is 0.129 e. The van der Waals surface area contributed by atoms with Gasteiger partial charge in [-0.25, -0.2) is 0 Å². The molecule has 0 aliphatic carbocycles. The molecule has 0 amide bonds. The van der Waals surface area contributed by atoms with Crippen molar-refractivity contribution in [2.75, 3.05) is 21.3 Å². The lowest BCUT2D eigenvalue weighted by atomic mass is 10.0. The highest BCUT2D eigenvalue weighted by Crippen LogP contribution is 2.35. The van der Waals surface area contributed by atoms with Crippen molar-refractivity contribution in [2.45, 2.75) is 26.2 Å². The molecule has 0 saturated heterocycles. The standard InChI is InChI=1S/C14H20O4/c1-10(15)6-5-7-12-13(17-3)8-11(16-2)9-14(12)18-4/h8-9H,5-7H2,1-4H3. The number of methoxy groups -OCH3 is 3. The van der Waals surface area contributed by atoms with Crippen LogP contribution in [0.3, 0.4) is 0 Å². The molecule has 18 heavy (non-hydrogen) atoms. The van der Waals surface area contributed by atoms with Crippen molar-refractivity contribution in [1.82, 2.24) is 0 Å². The molecule has 1 rings (SSSR count). The van der Waals surface area contributed by atoms with E-state index in [-0.39, 0.29) is 5.78 Å². The van der Waals surface area contributed by atoms with Gasteiger partial charge in [-0.1, -0.05) is 0 Å². The van der Waals surface area contributed by atoms with Crippen LogP contribution in [0, 0.1) is 0 Å². The number of ketones is 1. The van der Waals surface area contributed by atoms with Crippen molar-refractivity contribution in [3.8, 4) is 17.2 Å². The van der Waals surface area contributed by atoms with Crippen LogP contribution in [0.1, 0.15) is 25.3 Å². The fraction of sp³-hybridized carbons (Fsp3) is 0.500. The first-order valence-electron chi connectivity index (χ1n) is 5.90. The van der Waals surface area contributed by atoms with E-state index in [9.17, 15) is 4.79 Å². The Morgan fingerprint density at radius 2 is 1.61 bits per heavy atom. The van der Waals surface area contributed by atoms with E-state index in [0.717, 1.165) is 29.9 Å². The van der Waals surface area contributed by atoms with E-state index in [1.807, 2.05) is 12.1 Å². The van der Waals surface area contributed by atoms with E-state index < -0.39 is 0 Å². The zero-order valence-electron chi connectivity index (χ0n) is 11.4. The molecule has 0 unspecified atom stereocenters. The average Bonchev–Trinajstić information content (AvgIpc) is 2.37. The Bertz CT molecular complexity index is 387. The molecular formula is C14H20O4. The van der Waals surface area contributed by atoms with E-state index in [0.29, 0.717) is 12.2 Å². The van der Waals surface area contributed by atoms with Crippen molar-refractivity contribution in [2.24, 2.45) is 0 Å². The van der Waals surface area contributed by atoms with Gasteiger partial charge in [-0.3, -0.25) is 0 Å². The second-order valence-corrected chi connectivity index (χ2v) is 4.07. The van der Waals surface area contributed by atoms with Crippen molar-refractivity contribution in [1.29, 1.82) is 0 Å². The number of hydrogen-bond acceptors (Lipinski definition) is 4. The summed E-state index contributed by atoms with van der Waals surface area (Å²) < 4.78 is 15.9. The van der Waals surface area contributed by atoms with Gasteiger partial charge in [0.25, 0.3) is 0 Å². The predicted molar refractivity (Wildman–Crippen MR) is 69.7 cm³/mol. The van der Waals surface area contributed by atoms with Crippen molar-refractivity contribution in [3.05, 3.63) is 17.7 Å². The van der Waals surface area contributed by atoms with Gasteiger partial charge in [0.15, 0.2) is 0 Å². The first-order chi connectivity index (χ1) is 8.62. The lowest BCUT2D eigenvalue weighted by Crippen LogP contribution is -2.00. The molecule has 0 aliphatic rings. The Morgan fingerprint density at radius 1 is 1.06 bits per heavy atom. The molecule has 0 atom stereocenters. The largest absolute Gasteiger partial charge is 0.496 e. The Morgan fingerprint density at radius 3 is 2.00 bits per heavy atom. The lowest BCUT2D eigenvalue weighted by molar-refractivity contribution is -0.117. The Balaban J connectivity index is 2.95.